The van der Waals surface area contributed by atoms with Crippen LogP contribution in [0.3, 0.4) is 0 Å². The lowest BCUT2D eigenvalue weighted by atomic mass is 9.74. The van der Waals surface area contributed by atoms with Crippen LogP contribution in [0.5, 0.6) is 5.75 Å². The third kappa shape index (κ3) is 4.35. The maximum atomic E-state index is 14.7. The summed E-state index contributed by atoms with van der Waals surface area (Å²) in [5, 5.41) is 0. The van der Waals surface area contributed by atoms with Gasteiger partial charge in [-0.1, -0.05) is 13.8 Å². The van der Waals surface area contributed by atoms with Crippen LogP contribution in [0.1, 0.15) is 56.3 Å². The smallest absolute Gasteiger partial charge is 0.338 e. The summed E-state index contributed by atoms with van der Waals surface area (Å²) in [6.45, 7) is 8.51. The zero-order valence-corrected chi connectivity index (χ0v) is 18.2. The van der Waals surface area contributed by atoms with Gasteiger partial charge < -0.3 is 14.2 Å². The molecule has 4 rings (SSSR count). The molecule has 6 heteroatoms. The van der Waals surface area contributed by atoms with Crippen molar-refractivity contribution in [2.24, 2.45) is 17.8 Å². The normalized spacial score (nSPS) is 29.7. The third-order valence-electron chi connectivity index (χ3n) is 7.50. The highest BCUT2D eigenvalue weighted by atomic mass is 19.1. The molecule has 1 heterocycles. The highest BCUT2D eigenvalue weighted by Gasteiger charge is 2.55. The van der Waals surface area contributed by atoms with Gasteiger partial charge in [-0.15, -0.1) is 0 Å². The number of benzene rings is 1. The zero-order valence-electron chi connectivity index (χ0n) is 18.2. The van der Waals surface area contributed by atoms with Crippen molar-refractivity contribution in [2.45, 2.75) is 51.6 Å². The molecule has 4 atom stereocenters. The Morgan fingerprint density at radius 3 is 2.80 bits per heavy atom. The molecule has 4 unspecified atom stereocenters. The number of carbonyl (C=O) groups is 1. The number of hydrogen-bond acceptors (Lipinski definition) is 5. The Morgan fingerprint density at radius 1 is 1.33 bits per heavy atom. The Balaban J connectivity index is 1.43. The number of esters is 1. The Morgan fingerprint density at radius 2 is 2.13 bits per heavy atom. The van der Waals surface area contributed by atoms with E-state index in [9.17, 15) is 9.18 Å². The van der Waals surface area contributed by atoms with Crippen LogP contribution in [-0.4, -0.2) is 55.9 Å². The van der Waals surface area contributed by atoms with Crippen molar-refractivity contribution >= 4 is 5.97 Å². The topological polar surface area (TPSA) is 48.0 Å². The van der Waals surface area contributed by atoms with Crippen molar-refractivity contribution in [1.82, 2.24) is 4.90 Å². The first kappa shape index (κ1) is 21.6. The fourth-order valence-electron chi connectivity index (χ4n) is 5.59. The lowest BCUT2D eigenvalue weighted by Crippen LogP contribution is -2.47. The van der Waals surface area contributed by atoms with Gasteiger partial charge in [-0.05, 0) is 68.1 Å². The Labute approximate surface area is 178 Å². The molecule has 0 spiro atoms. The van der Waals surface area contributed by atoms with E-state index < -0.39 is 11.8 Å². The third-order valence-corrected chi connectivity index (χ3v) is 7.50. The van der Waals surface area contributed by atoms with Crippen LogP contribution in [0.15, 0.2) is 18.2 Å². The van der Waals surface area contributed by atoms with Crippen LogP contribution in [0.4, 0.5) is 4.39 Å². The second-order valence-corrected chi connectivity index (χ2v) is 9.18. The molecule has 1 aromatic rings. The van der Waals surface area contributed by atoms with Gasteiger partial charge in [0.05, 0.1) is 18.8 Å². The van der Waals surface area contributed by atoms with Crippen LogP contribution < -0.4 is 4.74 Å². The van der Waals surface area contributed by atoms with Gasteiger partial charge in [0.2, 0.25) is 0 Å². The van der Waals surface area contributed by atoms with Crippen LogP contribution in [-0.2, 0) is 9.47 Å². The monoisotopic (exact) mass is 419 g/mol. The van der Waals surface area contributed by atoms with Gasteiger partial charge >= 0.3 is 5.97 Å². The number of morpholine rings is 1. The lowest BCUT2D eigenvalue weighted by molar-refractivity contribution is -0.0384. The number of rotatable bonds is 8. The van der Waals surface area contributed by atoms with E-state index in [1.807, 2.05) is 0 Å². The minimum atomic E-state index is -0.432. The second kappa shape index (κ2) is 9.23. The maximum Gasteiger partial charge on any atom is 0.338 e. The number of carbonyl (C=O) groups excluding carboxylic acids is 1. The fourth-order valence-corrected chi connectivity index (χ4v) is 5.59. The molecule has 2 bridgehead atoms. The van der Waals surface area contributed by atoms with Gasteiger partial charge in [0, 0.05) is 19.6 Å². The molecular weight excluding hydrogens is 385 g/mol. The zero-order chi connectivity index (χ0) is 21.1. The first-order valence-corrected chi connectivity index (χ1v) is 11.5. The molecule has 1 saturated heterocycles. The first-order valence-electron chi connectivity index (χ1n) is 11.5. The summed E-state index contributed by atoms with van der Waals surface area (Å²) in [5.74, 6) is 0.840. The largest absolute Gasteiger partial charge is 0.484 e. The number of nitrogens with zero attached hydrogens (tertiary/aromatic N) is 1. The van der Waals surface area contributed by atoms with Gasteiger partial charge in [0.1, 0.15) is 12.2 Å². The molecule has 5 nitrogen and oxygen atoms in total. The van der Waals surface area contributed by atoms with Crippen LogP contribution >= 0.6 is 0 Å². The van der Waals surface area contributed by atoms with Crippen LogP contribution in [0.2, 0.25) is 0 Å². The van der Waals surface area contributed by atoms with Crippen LogP contribution in [0, 0.1) is 23.6 Å². The van der Waals surface area contributed by atoms with E-state index in [-0.39, 0.29) is 11.4 Å². The molecule has 2 aliphatic carbocycles. The summed E-state index contributed by atoms with van der Waals surface area (Å²) in [6, 6.07) is 4.34. The molecule has 30 heavy (non-hydrogen) atoms. The first-order chi connectivity index (χ1) is 14.5. The number of fused-ring (bicyclic) bond motifs is 2. The maximum absolute atomic E-state index is 14.7. The highest BCUT2D eigenvalue weighted by molar-refractivity contribution is 5.89. The molecule has 166 valence electrons. The predicted octanol–water partition coefficient (Wildman–Crippen LogP) is 4.30. The number of hydrogen-bond donors (Lipinski definition) is 0. The fraction of sp³-hybridized carbons (Fsp3) is 0.708. The van der Waals surface area contributed by atoms with E-state index in [0.717, 1.165) is 32.4 Å². The van der Waals surface area contributed by atoms with Gasteiger partial charge in [0.15, 0.2) is 11.6 Å². The number of ether oxygens (including phenoxy) is 3. The molecule has 3 fully saturated rings. The summed E-state index contributed by atoms with van der Waals surface area (Å²) >= 11 is 0. The van der Waals surface area contributed by atoms with E-state index in [4.69, 9.17) is 14.2 Å². The average molecular weight is 420 g/mol. The van der Waals surface area contributed by atoms with Gasteiger partial charge in [-0.25, -0.2) is 9.18 Å². The molecule has 3 aliphatic rings. The summed E-state index contributed by atoms with van der Waals surface area (Å²) < 4.78 is 31.9. The Bertz CT molecular complexity index is 751. The molecular formula is C24H34FNO4. The molecule has 1 aromatic carbocycles. The SMILES string of the molecule is CCC(C)C1(Oc2cc(C(=O)OCCN3CCOCC3)ccc2F)CC2CCC1C2. The van der Waals surface area contributed by atoms with E-state index in [0.29, 0.717) is 49.7 Å². The summed E-state index contributed by atoms with van der Waals surface area (Å²) in [7, 11) is 0. The van der Waals surface area contributed by atoms with E-state index in [2.05, 4.69) is 18.7 Å². The Hall–Kier alpha value is -1.66. The summed E-state index contributed by atoms with van der Waals surface area (Å²) in [5.41, 5.74) is 0.0213. The number of halogens is 1. The lowest BCUT2D eigenvalue weighted by Gasteiger charge is -2.42. The van der Waals surface area contributed by atoms with Crippen molar-refractivity contribution < 1.29 is 23.4 Å². The van der Waals surface area contributed by atoms with E-state index >= 15 is 0 Å². The molecule has 0 amide bonds. The van der Waals surface area contributed by atoms with Gasteiger partial charge in [0.25, 0.3) is 0 Å². The highest BCUT2D eigenvalue weighted by Crippen LogP contribution is 2.56. The van der Waals surface area contributed by atoms with Crippen molar-refractivity contribution in [3.63, 3.8) is 0 Å². The average Bonchev–Trinajstić information content (AvgIpc) is 3.37. The van der Waals surface area contributed by atoms with E-state index in [1.54, 1.807) is 0 Å². The van der Waals surface area contributed by atoms with Gasteiger partial charge in [-0.2, -0.15) is 0 Å². The molecule has 0 radical (unpaired) electrons. The Kier molecular flexibility index (Phi) is 6.63. The minimum absolute atomic E-state index is 0.186. The van der Waals surface area contributed by atoms with Crippen molar-refractivity contribution in [2.75, 3.05) is 39.5 Å². The summed E-state index contributed by atoms with van der Waals surface area (Å²) in [6.07, 6.45) is 5.56. The molecule has 0 N–H and O–H groups in total. The van der Waals surface area contributed by atoms with E-state index in [1.165, 1.54) is 31.0 Å². The van der Waals surface area contributed by atoms with Crippen molar-refractivity contribution in [3.8, 4) is 5.75 Å². The molecule has 0 aromatic heterocycles. The second-order valence-electron chi connectivity index (χ2n) is 9.18. The van der Waals surface area contributed by atoms with Crippen LogP contribution in [0.25, 0.3) is 0 Å². The molecule has 2 saturated carbocycles. The van der Waals surface area contributed by atoms with Crippen molar-refractivity contribution in [1.29, 1.82) is 0 Å². The minimum Gasteiger partial charge on any atom is -0.484 e. The predicted molar refractivity (Wildman–Crippen MR) is 112 cm³/mol. The summed E-state index contributed by atoms with van der Waals surface area (Å²) in [4.78, 5) is 14.8. The van der Waals surface area contributed by atoms with Crippen molar-refractivity contribution in [3.05, 3.63) is 29.6 Å². The standard InChI is InChI=1S/C24H34FNO4/c1-3-17(2)24(16-18-4-6-20(24)14-18)30-22-15-19(5-7-21(22)25)23(27)29-13-10-26-8-11-28-12-9-26/h5,7,15,17-18,20H,3-4,6,8-14,16H2,1-2H3. The quantitative estimate of drug-likeness (QED) is 0.588. The molecule has 1 aliphatic heterocycles. The van der Waals surface area contributed by atoms with Gasteiger partial charge in [-0.3, -0.25) is 4.90 Å².